The molecule has 4 nitrogen and oxygen atoms in total. The van der Waals surface area contributed by atoms with E-state index in [0.29, 0.717) is 6.54 Å². The lowest BCUT2D eigenvalue weighted by Crippen LogP contribution is -2.44. The molecule has 88 valence electrons. The van der Waals surface area contributed by atoms with Crippen LogP contribution in [0.5, 0.6) is 0 Å². The lowest BCUT2D eigenvalue weighted by molar-refractivity contribution is 0.161. The Balaban J connectivity index is 2.13. The van der Waals surface area contributed by atoms with Crippen LogP contribution >= 0.6 is 0 Å². The zero-order valence-corrected chi connectivity index (χ0v) is 9.69. The van der Waals surface area contributed by atoms with Gasteiger partial charge in [0.05, 0.1) is 0 Å². The second kappa shape index (κ2) is 5.30. The number of nitrogens with zero attached hydrogens (tertiary/aromatic N) is 2. The fourth-order valence-electron chi connectivity index (χ4n) is 2.10. The summed E-state index contributed by atoms with van der Waals surface area (Å²) >= 11 is 0. The summed E-state index contributed by atoms with van der Waals surface area (Å²) in [6.45, 7) is 4.81. The number of para-hydroxylation sites is 1. The van der Waals surface area contributed by atoms with Crippen molar-refractivity contribution in [3.8, 4) is 0 Å². The first-order valence-electron chi connectivity index (χ1n) is 5.69. The summed E-state index contributed by atoms with van der Waals surface area (Å²) < 4.78 is 0. The summed E-state index contributed by atoms with van der Waals surface area (Å²) in [5.41, 5.74) is 4.62. The summed E-state index contributed by atoms with van der Waals surface area (Å²) in [7, 11) is 2.15. The molecular weight excluding hydrogens is 202 g/mol. The highest BCUT2D eigenvalue weighted by molar-refractivity contribution is 5.53. The maximum Gasteiger partial charge on any atom is 0.0478 e. The van der Waals surface area contributed by atoms with Gasteiger partial charge in [-0.15, -0.1) is 0 Å². The number of nitrogens with one attached hydrogen (secondary N) is 1. The minimum absolute atomic E-state index is 0.502. The molecule has 16 heavy (non-hydrogen) atoms. The van der Waals surface area contributed by atoms with Crippen molar-refractivity contribution >= 4 is 5.69 Å². The van der Waals surface area contributed by atoms with Gasteiger partial charge in [0.15, 0.2) is 0 Å². The van der Waals surface area contributed by atoms with Crippen molar-refractivity contribution in [1.82, 2.24) is 10.4 Å². The van der Waals surface area contributed by atoms with Crippen molar-refractivity contribution in [2.24, 2.45) is 0 Å². The van der Waals surface area contributed by atoms with Crippen LogP contribution in [-0.4, -0.2) is 43.3 Å². The first-order valence-corrected chi connectivity index (χ1v) is 5.69. The summed E-state index contributed by atoms with van der Waals surface area (Å²) in [6.07, 6.45) is 0. The van der Waals surface area contributed by atoms with Crippen LogP contribution < -0.4 is 10.4 Å². The second-order valence-electron chi connectivity index (χ2n) is 4.25. The topological polar surface area (TPSA) is 38.7 Å². The molecule has 0 saturated carbocycles. The highest BCUT2D eigenvalue weighted by Gasteiger charge is 2.16. The van der Waals surface area contributed by atoms with Gasteiger partial charge in [-0.05, 0) is 18.7 Å². The number of anilines is 1. The molecule has 0 aliphatic carbocycles. The van der Waals surface area contributed by atoms with Gasteiger partial charge in [-0.2, -0.15) is 0 Å². The number of hydroxylamine groups is 1. The standard InChI is InChI=1S/C12H19N3O/c1-14-6-8-15(9-7-14)12-5-3-2-4-11(12)10-13-16/h2-5,13,16H,6-10H2,1H3. The third-order valence-corrected chi connectivity index (χ3v) is 3.11. The predicted octanol–water partition coefficient (Wildman–Crippen LogP) is 0.917. The monoisotopic (exact) mass is 221 g/mol. The molecule has 1 aromatic carbocycles. The smallest absolute Gasteiger partial charge is 0.0478 e. The molecule has 1 aliphatic heterocycles. The maximum atomic E-state index is 8.81. The van der Waals surface area contributed by atoms with E-state index in [4.69, 9.17) is 5.21 Å². The van der Waals surface area contributed by atoms with Crippen LogP contribution in [0, 0.1) is 0 Å². The summed E-state index contributed by atoms with van der Waals surface area (Å²) in [6, 6.07) is 8.23. The van der Waals surface area contributed by atoms with E-state index in [0.717, 1.165) is 31.7 Å². The molecule has 1 aromatic rings. The number of hydrogen-bond acceptors (Lipinski definition) is 4. The normalized spacial score (nSPS) is 17.8. The quantitative estimate of drug-likeness (QED) is 0.744. The third kappa shape index (κ3) is 2.52. The summed E-state index contributed by atoms with van der Waals surface area (Å²) in [5, 5.41) is 8.81. The SMILES string of the molecule is CN1CCN(c2ccccc2CNO)CC1. The van der Waals surface area contributed by atoms with E-state index in [1.54, 1.807) is 0 Å². The lowest BCUT2D eigenvalue weighted by atomic mass is 10.1. The zero-order chi connectivity index (χ0) is 11.4. The van der Waals surface area contributed by atoms with Crippen LogP contribution in [-0.2, 0) is 6.54 Å². The zero-order valence-electron chi connectivity index (χ0n) is 9.69. The van der Waals surface area contributed by atoms with E-state index in [9.17, 15) is 0 Å². The first kappa shape index (κ1) is 11.4. The second-order valence-corrected chi connectivity index (χ2v) is 4.25. The largest absolute Gasteiger partial charge is 0.369 e. The molecule has 0 unspecified atom stereocenters. The number of benzene rings is 1. The van der Waals surface area contributed by atoms with Gasteiger partial charge in [0.25, 0.3) is 0 Å². The Labute approximate surface area is 96.4 Å². The highest BCUT2D eigenvalue weighted by Crippen LogP contribution is 2.21. The molecule has 1 heterocycles. The van der Waals surface area contributed by atoms with Crippen molar-refractivity contribution in [2.75, 3.05) is 38.1 Å². The van der Waals surface area contributed by atoms with Gasteiger partial charge < -0.3 is 15.0 Å². The Morgan fingerprint density at radius 1 is 1.19 bits per heavy atom. The van der Waals surface area contributed by atoms with Crippen LogP contribution in [0.15, 0.2) is 24.3 Å². The number of likely N-dealkylation sites (N-methyl/N-ethyl adjacent to an activating group) is 1. The Hall–Kier alpha value is -1.10. The third-order valence-electron chi connectivity index (χ3n) is 3.11. The van der Waals surface area contributed by atoms with E-state index in [-0.39, 0.29) is 0 Å². The van der Waals surface area contributed by atoms with E-state index in [1.165, 1.54) is 5.69 Å². The number of hydrogen-bond donors (Lipinski definition) is 2. The van der Waals surface area contributed by atoms with Gasteiger partial charge in [0.1, 0.15) is 0 Å². The van der Waals surface area contributed by atoms with E-state index >= 15 is 0 Å². The minimum atomic E-state index is 0.502. The van der Waals surface area contributed by atoms with Crippen LogP contribution in [0.25, 0.3) is 0 Å². The van der Waals surface area contributed by atoms with Gasteiger partial charge in [0, 0.05) is 38.4 Å². The molecule has 1 fully saturated rings. The molecule has 0 atom stereocenters. The molecule has 1 saturated heterocycles. The van der Waals surface area contributed by atoms with E-state index < -0.39 is 0 Å². The van der Waals surface area contributed by atoms with E-state index in [2.05, 4.69) is 40.5 Å². The molecule has 1 aliphatic rings. The average molecular weight is 221 g/mol. The van der Waals surface area contributed by atoms with Crippen molar-refractivity contribution in [1.29, 1.82) is 0 Å². The lowest BCUT2D eigenvalue weighted by Gasteiger charge is -2.35. The van der Waals surface area contributed by atoms with Crippen molar-refractivity contribution in [3.63, 3.8) is 0 Å². The van der Waals surface area contributed by atoms with Crippen LogP contribution in [0.4, 0.5) is 5.69 Å². The van der Waals surface area contributed by atoms with Crippen molar-refractivity contribution in [2.45, 2.75) is 6.54 Å². The van der Waals surface area contributed by atoms with E-state index in [1.807, 2.05) is 6.07 Å². The average Bonchev–Trinajstić information content (AvgIpc) is 2.32. The molecule has 0 bridgehead atoms. The van der Waals surface area contributed by atoms with Crippen LogP contribution in [0.3, 0.4) is 0 Å². The Morgan fingerprint density at radius 3 is 2.56 bits per heavy atom. The number of rotatable bonds is 3. The maximum absolute atomic E-state index is 8.81. The van der Waals surface area contributed by atoms with Gasteiger partial charge in [0.2, 0.25) is 0 Å². The highest BCUT2D eigenvalue weighted by atomic mass is 16.5. The van der Waals surface area contributed by atoms with Crippen molar-refractivity contribution < 1.29 is 5.21 Å². The van der Waals surface area contributed by atoms with Crippen molar-refractivity contribution in [3.05, 3.63) is 29.8 Å². The van der Waals surface area contributed by atoms with Gasteiger partial charge in [-0.1, -0.05) is 18.2 Å². The molecule has 0 amide bonds. The molecule has 4 heteroatoms. The summed E-state index contributed by atoms with van der Waals surface area (Å²) in [4.78, 5) is 4.72. The molecule has 2 N–H and O–H groups in total. The number of piperazine rings is 1. The summed E-state index contributed by atoms with van der Waals surface area (Å²) in [5.74, 6) is 0. The Kier molecular flexibility index (Phi) is 3.77. The molecule has 2 rings (SSSR count). The van der Waals surface area contributed by atoms with Gasteiger partial charge in [-0.25, -0.2) is 5.48 Å². The molecule has 0 aromatic heterocycles. The fraction of sp³-hybridized carbons (Fsp3) is 0.500. The minimum Gasteiger partial charge on any atom is -0.369 e. The predicted molar refractivity (Wildman–Crippen MR) is 64.8 cm³/mol. The van der Waals surface area contributed by atoms with Crippen LogP contribution in [0.2, 0.25) is 0 Å². The van der Waals surface area contributed by atoms with Gasteiger partial charge >= 0.3 is 0 Å². The van der Waals surface area contributed by atoms with Gasteiger partial charge in [-0.3, -0.25) is 0 Å². The molecular formula is C12H19N3O. The Bertz CT molecular complexity index is 335. The Morgan fingerprint density at radius 2 is 1.88 bits per heavy atom. The molecule has 0 spiro atoms. The molecule has 0 radical (unpaired) electrons. The first-order chi connectivity index (χ1) is 7.81. The fourth-order valence-corrected chi connectivity index (χ4v) is 2.10. The van der Waals surface area contributed by atoms with Crippen LogP contribution in [0.1, 0.15) is 5.56 Å².